The van der Waals surface area contributed by atoms with Crippen molar-refractivity contribution >= 4 is 11.6 Å². The minimum absolute atomic E-state index is 0.509. The lowest BCUT2D eigenvalue weighted by Gasteiger charge is -2.23. The van der Waals surface area contributed by atoms with Crippen molar-refractivity contribution in [2.75, 3.05) is 19.8 Å². The van der Waals surface area contributed by atoms with Crippen LogP contribution in [0.4, 0.5) is 0 Å². The zero-order valence-corrected chi connectivity index (χ0v) is 9.46. The Balaban J connectivity index is 1.79. The Hall–Kier alpha value is -0.570. The Morgan fingerprint density at radius 2 is 2.13 bits per heavy atom. The van der Waals surface area contributed by atoms with Crippen molar-refractivity contribution in [3.05, 3.63) is 34.9 Å². The molecule has 1 atom stereocenters. The summed E-state index contributed by atoms with van der Waals surface area (Å²) in [6.45, 7) is 2.66. The van der Waals surface area contributed by atoms with Gasteiger partial charge in [-0.3, -0.25) is 0 Å². The van der Waals surface area contributed by atoms with E-state index in [1.807, 2.05) is 12.1 Å². The van der Waals surface area contributed by atoms with E-state index in [2.05, 4.69) is 17.4 Å². The highest BCUT2D eigenvalue weighted by Crippen LogP contribution is 2.12. The molecule has 2 rings (SSSR count). The van der Waals surface area contributed by atoms with Crippen molar-refractivity contribution in [2.45, 2.75) is 18.9 Å². The Labute approximate surface area is 95.6 Å². The molecule has 1 N–H and O–H groups in total. The van der Waals surface area contributed by atoms with Gasteiger partial charge in [0.25, 0.3) is 0 Å². The maximum absolute atomic E-state index is 5.83. The second kappa shape index (κ2) is 5.50. The van der Waals surface area contributed by atoms with E-state index in [0.717, 1.165) is 37.6 Å². The molecule has 1 aliphatic heterocycles. The van der Waals surface area contributed by atoms with Gasteiger partial charge in [0.15, 0.2) is 0 Å². The largest absolute Gasteiger partial charge is 0.379 e. The topological polar surface area (TPSA) is 21.3 Å². The van der Waals surface area contributed by atoms with Crippen molar-refractivity contribution in [1.29, 1.82) is 0 Å². The first kappa shape index (κ1) is 10.9. The number of benzene rings is 1. The van der Waals surface area contributed by atoms with Crippen molar-refractivity contribution in [2.24, 2.45) is 0 Å². The van der Waals surface area contributed by atoms with Gasteiger partial charge in [-0.1, -0.05) is 23.7 Å². The third kappa shape index (κ3) is 3.49. The number of ether oxygens (including phenoxy) is 1. The van der Waals surface area contributed by atoms with Crippen LogP contribution < -0.4 is 5.32 Å². The monoisotopic (exact) mass is 225 g/mol. The lowest BCUT2D eigenvalue weighted by atomic mass is 10.1. The molecule has 2 nitrogen and oxygen atoms in total. The molecule has 0 amide bonds. The molecule has 1 heterocycles. The molecule has 0 bridgehead atoms. The summed E-state index contributed by atoms with van der Waals surface area (Å²) in [4.78, 5) is 0. The highest BCUT2D eigenvalue weighted by atomic mass is 35.5. The van der Waals surface area contributed by atoms with Gasteiger partial charge in [-0.2, -0.15) is 0 Å². The zero-order valence-electron chi connectivity index (χ0n) is 8.71. The van der Waals surface area contributed by atoms with Crippen molar-refractivity contribution in [3.63, 3.8) is 0 Å². The third-order valence-corrected chi connectivity index (χ3v) is 2.95. The number of rotatable bonds is 3. The second-order valence-corrected chi connectivity index (χ2v) is 4.33. The van der Waals surface area contributed by atoms with Crippen molar-refractivity contribution < 1.29 is 4.74 Å². The van der Waals surface area contributed by atoms with Gasteiger partial charge < -0.3 is 10.1 Å². The maximum atomic E-state index is 5.83. The molecule has 1 aromatic rings. The van der Waals surface area contributed by atoms with Gasteiger partial charge in [-0.15, -0.1) is 0 Å². The molecule has 1 aromatic carbocycles. The Bertz CT molecular complexity index is 293. The van der Waals surface area contributed by atoms with Crippen LogP contribution in [0.25, 0.3) is 0 Å². The Morgan fingerprint density at radius 3 is 2.80 bits per heavy atom. The number of halogens is 1. The van der Waals surface area contributed by atoms with E-state index in [4.69, 9.17) is 16.3 Å². The zero-order chi connectivity index (χ0) is 10.5. The molecule has 82 valence electrons. The van der Waals surface area contributed by atoms with Crippen molar-refractivity contribution in [3.8, 4) is 0 Å². The Kier molecular flexibility index (Phi) is 4.01. The molecule has 0 saturated carbocycles. The van der Waals surface area contributed by atoms with E-state index in [1.54, 1.807) is 0 Å². The van der Waals surface area contributed by atoms with Crippen LogP contribution in [0.3, 0.4) is 0 Å². The molecular formula is C12H16ClNO. The van der Waals surface area contributed by atoms with E-state index in [-0.39, 0.29) is 0 Å². The molecule has 1 saturated heterocycles. The maximum Gasteiger partial charge on any atom is 0.0620 e. The average molecular weight is 226 g/mol. The van der Waals surface area contributed by atoms with Crippen LogP contribution in [0, 0.1) is 0 Å². The summed E-state index contributed by atoms with van der Waals surface area (Å²) in [7, 11) is 0. The van der Waals surface area contributed by atoms with Gasteiger partial charge in [-0.25, -0.2) is 0 Å². The van der Waals surface area contributed by atoms with E-state index in [9.17, 15) is 0 Å². The number of hydrogen-bond acceptors (Lipinski definition) is 2. The van der Waals surface area contributed by atoms with Gasteiger partial charge in [0.1, 0.15) is 0 Å². The van der Waals surface area contributed by atoms with Crippen molar-refractivity contribution in [1.82, 2.24) is 5.32 Å². The van der Waals surface area contributed by atoms with Gasteiger partial charge in [0, 0.05) is 17.6 Å². The van der Waals surface area contributed by atoms with Gasteiger partial charge in [-0.05, 0) is 30.5 Å². The minimum Gasteiger partial charge on any atom is -0.379 e. The fourth-order valence-corrected chi connectivity index (χ4v) is 1.92. The molecular weight excluding hydrogens is 210 g/mol. The summed E-state index contributed by atoms with van der Waals surface area (Å²) in [5.41, 5.74) is 1.34. The summed E-state index contributed by atoms with van der Waals surface area (Å²) >= 11 is 5.83. The molecule has 0 radical (unpaired) electrons. The summed E-state index contributed by atoms with van der Waals surface area (Å²) in [6.07, 6.45) is 2.21. The van der Waals surface area contributed by atoms with Crippen LogP contribution in [0.1, 0.15) is 12.0 Å². The molecule has 3 heteroatoms. The predicted octanol–water partition coefficient (Wildman–Crippen LogP) is 2.26. The first-order valence-corrected chi connectivity index (χ1v) is 5.78. The smallest absolute Gasteiger partial charge is 0.0620 e. The van der Waals surface area contributed by atoms with Crippen LogP contribution in [0.2, 0.25) is 5.02 Å². The quantitative estimate of drug-likeness (QED) is 0.852. The second-order valence-electron chi connectivity index (χ2n) is 3.89. The average Bonchev–Trinajstić information content (AvgIpc) is 2.30. The summed E-state index contributed by atoms with van der Waals surface area (Å²) in [5.74, 6) is 0. The number of morpholine rings is 1. The number of hydrogen-bond donors (Lipinski definition) is 1. The highest BCUT2D eigenvalue weighted by Gasteiger charge is 2.12. The van der Waals surface area contributed by atoms with E-state index < -0.39 is 0 Å². The molecule has 0 aromatic heterocycles. The summed E-state index contributed by atoms with van der Waals surface area (Å²) in [5, 5.41) is 4.25. The van der Waals surface area contributed by atoms with Gasteiger partial charge in [0.05, 0.1) is 13.2 Å². The first-order chi connectivity index (χ1) is 7.34. The summed E-state index contributed by atoms with van der Waals surface area (Å²) < 4.78 is 5.41. The molecule has 1 unspecified atom stereocenters. The van der Waals surface area contributed by atoms with Crippen LogP contribution in [-0.4, -0.2) is 25.8 Å². The number of aryl methyl sites for hydroxylation is 1. The lowest BCUT2D eigenvalue weighted by molar-refractivity contribution is 0.0743. The standard InChI is InChI=1S/C12H16ClNO/c13-11-4-1-10(2-5-11)3-6-12-9-15-8-7-14-12/h1-2,4-5,12,14H,3,6-9H2. The number of nitrogens with one attached hydrogen (secondary N) is 1. The molecule has 0 spiro atoms. The summed E-state index contributed by atoms with van der Waals surface area (Å²) in [6, 6.07) is 8.58. The molecule has 0 aliphatic carbocycles. The van der Waals surface area contributed by atoms with Gasteiger partial charge in [0.2, 0.25) is 0 Å². The van der Waals surface area contributed by atoms with Gasteiger partial charge >= 0.3 is 0 Å². The highest BCUT2D eigenvalue weighted by molar-refractivity contribution is 6.30. The first-order valence-electron chi connectivity index (χ1n) is 5.40. The van der Waals surface area contributed by atoms with Crippen LogP contribution in [-0.2, 0) is 11.2 Å². The lowest BCUT2D eigenvalue weighted by Crippen LogP contribution is -2.41. The fourth-order valence-electron chi connectivity index (χ4n) is 1.80. The van der Waals surface area contributed by atoms with E-state index >= 15 is 0 Å². The third-order valence-electron chi connectivity index (χ3n) is 2.69. The molecule has 15 heavy (non-hydrogen) atoms. The van der Waals surface area contributed by atoms with Crippen LogP contribution in [0.5, 0.6) is 0 Å². The van der Waals surface area contributed by atoms with Crippen LogP contribution >= 0.6 is 11.6 Å². The normalized spacial score (nSPS) is 21.5. The van der Waals surface area contributed by atoms with Crippen LogP contribution in [0.15, 0.2) is 24.3 Å². The molecule has 1 aliphatic rings. The molecule has 1 fully saturated rings. The minimum atomic E-state index is 0.509. The fraction of sp³-hybridized carbons (Fsp3) is 0.500. The SMILES string of the molecule is Clc1ccc(CCC2COCCN2)cc1. The van der Waals surface area contributed by atoms with E-state index in [0.29, 0.717) is 6.04 Å². The van der Waals surface area contributed by atoms with E-state index in [1.165, 1.54) is 5.56 Å². The predicted molar refractivity (Wildman–Crippen MR) is 62.4 cm³/mol. The Morgan fingerprint density at radius 1 is 1.33 bits per heavy atom.